The van der Waals surface area contributed by atoms with Crippen molar-refractivity contribution >= 4 is 29.3 Å². The van der Waals surface area contributed by atoms with Crippen LogP contribution in [0, 0.1) is 0 Å². The summed E-state index contributed by atoms with van der Waals surface area (Å²) in [6.45, 7) is -3.21. The summed E-state index contributed by atoms with van der Waals surface area (Å²) in [6, 6.07) is 0. The van der Waals surface area contributed by atoms with E-state index in [0.29, 0.717) is 0 Å². The van der Waals surface area contributed by atoms with E-state index in [1.807, 2.05) is 0 Å². The molecule has 0 aromatic rings. The highest BCUT2D eigenvalue weighted by Crippen LogP contribution is 2.57. The van der Waals surface area contributed by atoms with Crippen LogP contribution in [0.5, 0.6) is 0 Å². The second-order valence-electron chi connectivity index (χ2n) is 2.31. The minimum Gasteiger partial charge on any atom is -0.263 e. The van der Waals surface area contributed by atoms with Crippen molar-refractivity contribution in [2.45, 2.75) is 24.9 Å². The number of rotatable bonds is 3. The molecular weight excluding hydrogens is 280 g/mol. The molecule has 0 aromatic carbocycles. The van der Waals surface area contributed by atoms with E-state index in [1.54, 1.807) is 0 Å². The van der Waals surface area contributed by atoms with Crippen LogP contribution < -0.4 is 0 Å². The lowest BCUT2D eigenvalue weighted by molar-refractivity contribution is -0.348. The molecule has 0 heterocycles. The fraction of sp³-hybridized carbons (Fsp3) is 1.00. The zero-order valence-corrected chi connectivity index (χ0v) is 8.79. The van der Waals surface area contributed by atoms with Crippen LogP contribution in [0.1, 0.15) is 6.92 Å². The van der Waals surface area contributed by atoms with E-state index in [2.05, 4.69) is 4.52 Å². The lowest BCUT2D eigenvalue weighted by atomic mass is 10.1. The van der Waals surface area contributed by atoms with E-state index in [9.17, 15) is 26.3 Å². The first-order valence-corrected chi connectivity index (χ1v) is 5.93. The number of hydrogen-bond acceptors (Lipinski definition) is 1. The predicted octanol–water partition coefficient (Wildman–Crippen LogP) is 4.59. The summed E-state index contributed by atoms with van der Waals surface area (Å²) in [4.78, 5) is 0. The molecule has 0 aromatic heterocycles. The highest BCUT2D eigenvalue weighted by atomic mass is 35.9. The van der Waals surface area contributed by atoms with Gasteiger partial charge in [0.05, 0.1) is 0 Å². The third-order valence-electron chi connectivity index (χ3n) is 1.26. The molecular formula is C4H3Cl2F6OP. The zero-order valence-electron chi connectivity index (χ0n) is 6.38. The number of halogens is 8. The van der Waals surface area contributed by atoms with Gasteiger partial charge in [-0.25, -0.2) is 4.39 Å². The minimum absolute atomic E-state index is 0.361. The van der Waals surface area contributed by atoms with Gasteiger partial charge in [0.25, 0.3) is 5.67 Å². The summed E-state index contributed by atoms with van der Waals surface area (Å²) < 4.78 is 76.1. The van der Waals surface area contributed by atoms with Gasteiger partial charge in [-0.1, -0.05) is 0 Å². The first kappa shape index (κ1) is 14.6. The molecule has 0 saturated carbocycles. The quantitative estimate of drug-likeness (QED) is 0.543. The van der Waals surface area contributed by atoms with Gasteiger partial charge in [-0.2, -0.15) is 22.0 Å². The highest BCUT2D eigenvalue weighted by Gasteiger charge is 2.70. The van der Waals surface area contributed by atoms with Crippen molar-refractivity contribution in [3.63, 3.8) is 0 Å². The topological polar surface area (TPSA) is 9.23 Å². The molecule has 1 unspecified atom stereocenters. The van der Waals surface area contributed by atoms with Crippen LogP contribution in [0.4, 0.5) is 26.3 Å². The largest absolute Gasteiger partial charge is 0.430 e. The maximum Gasteiger partial charge on any atom is 0.430 e. The lowest BCUT2D eigenvalue weighted by Crippen LogP contribution is -2.53. The smallest absolute Gasteiger partial charge is 0.263 e. The standard InChI is InChI=1S/C4H3Cl2F6OP/c1-2(7,3(8,9)10)4(11,12)13-14(5)6/h1H3. The molecule has 0 fully saturated rings. The Labute approximate surface area is 85.7 Å². The van der Waals surface area contributed by atoms with Gasteiger partial charge in [-0.05, 0) is 29.4 Å². The molecule has 0 bridgehead atoms. The van der Waals surface area contributed by atoms with Gasteiger partial charge in [0.1, 0.15) is 0 Å². The Balaban J connectivity index is 4.88. The summed E-state index contributed by atoms with van der Waals surface area (Å²) in [5.74, 6) is 0. The van der Waals surface area contributed by atoms with E-state index >= 15 is 0 Å². The Morgan fingerprint density at radius 2 is 1.36 bits per heavy atom. The van der Waals surface area contributed by atoms with E-state index in [1.165, 1.54) is 0 Å². The predicted molar refractivity (Wildman–Crippen MR) is 40.2 cm³/mol. The molecule has 0 rings (SSSR count). The Hall–Kier alpha value is 0.550. The summed E-state index contributed by atoms with van der Waals surface area (Å²) in [7, 11) is 0. The molecule has 0 aliphatic heterocycles. The van der Waals surface area contributed by atoms with Crippen molar-refractivity contribution in [1.29, 1.82) is 0 Å². The van der Waals surface area contributed by atoms with Gasteiger partial charge in [0, 0.05) is 0 Å². The summed E-state index contributed by atoms with van der Waals surface area (Å²) >= 11 is 9.42. The molecule has 86 valence electrons. The van der Waals surface area contributed by atoms with Crippen LogP contribution in [-0.4, -0.2) is 18.0 Å². The molecule has 1 nitrogen and oxygen atoms in total. The molecule has 0 amide bonds. The van der Waals surface area contributed by atoms with E-state index in [-0.39, 0.29) is 6.92 Å². The van der Waals surface area contributed by atoms with Gasteiger partial charge in [0.2, 0.25) is 6.85 Å². The summed E-state index contributed by atoms with van der Waals surface area (Å²) in [6.07, 6.45) is -10.9. The Bertz CT molecular complexity index is 204. The van der Waals surface area contributed by atoms with Crippen molar-refractivity contribution in [1.82, 2.24) is 0 Å². The van der Waals surface area contributed by atoms with Gasteiger partial charge in [-0.15, -0.1) is 0 Å². The lowest BCUT2D eigenvalue weighted by Gasteiger charge is -2.30. The maximum absolute atomic E-state index is 12.6. The average Bonchev–Trinajstić information content (AvgIpc) is 1.80. The molecule has 0 radical (unpaired) electrons. The Morgan fingerprint density at radius 1 is 1.00 bits per heavy atom. The van der Waals surface area contributed by atoms with E-state index in [4.69, 9.17) is 22.5 Å². The fourth-order valence-electron chi connectivity index (χ4n) is 0.337. The zero-order chi connectivity index (χ0) is 11.8. The second kappa shape index (κ2) is 4.20. The minimum atomic E-state index is -5.78. The van der Waals surface area contributed by atoms with Gasteiger partial charge in [-0.3, -0.25) is 4.52 Å². The van der Waals surface area contributed by atoms with Crippen LogP contribution in [0.25, 0.3) is 0 Å². The molecule has 14 heavy (non-hydrogen) atoms. The normalized spacial score (nSPS) is 18.4. The summed E-state index contributed by atoms with van der Waals surface area (Å²) in [5, 5.41) is 0. The number of alkyl halides is 6. The number of hydrogen-bond donors (Lipinski definition) is 0. The van der Waals surface area contributed by atoms with Crippen molar-refractivity contribution < 1.29 is 30.9 Å². The molecule has 0 N–H and O–H groups in total. The second-order valence-corrected chi connectivity index (χ2v) is 5.26. The average molecular weight is 283 g/mol. The van der Waals surface area contributed by atoms with Crippen molar-refractivity contribution in [3.05, 3.63) is 0 Å². The molecule has 0 saturated heterocycles. The van der Waals surface area contributed by atoms with E-state index in [0.717, 1.165) is 0 Å². The van der Waals surface area contributed by atoms with Crippen LogP contribution in [0.15, 0.2) is 0 Å². The molecule has 0 spiro atoms. The molecule has 1 atom stereocenters. The van der Waals surface area contributed by atoms with E-state index < -0.39 is 24.8 Å². The van der Waals surface area contributed by atoms with Crippen LogP contribution in [-0.2, 0) is 4.52 Å². The van der Waals surface area contributed by atoms with Crippen molar-refractivity contribution in [2.24, 2.45) is 0 Å². The van der Waals surface area contributed by atoms with Gasteiger partial charge >= 0.3 is 12.3 Å². The molecule has 0 aliphatic rings. The molecule has 0 aliphatic carbocycles. The summed E-state index contributed by atoms with van der Waals surface area (Å²) in [5.41, 5.74) is -4.84. The third kappa shape index (κ3) is 3.02. The van der Waals surface area contributed by atoms with Gasteiger partial charge in [0.15, 0.2) is 0 Å². The Morgan fingerprint density at radius 3 is 1.57 bits per heavy atom. The SMILES string of the molecule is CC(F)(C(F)(F)F)C(F)(F)OP(Cl)Cl. The van der Waals surface area contributed by atoms with Crippen molar-refractivity contribution in [3.8, 4) is 0 Å². The van der Waals surface area contributed by atoms with Gasteiger partial charge < -0.3 is 0 Å². The van der Waals surface area contributed by atoms with Crippen LogP contribution in [0.3, 0.4) is 0 Å². The van der Waals surface area contributed by atoms with Crippen LogP contribution in [0.2, 0.25) is 0 Å². The first-order valence-electron chi connectivity index (χ1n) is 2.86. The first-order chi connectivity index (χ1) is 5.92. The van der Waals surface area contributed by atoms with Crippen molar-refractivity contribution in [2.75, 3.05) is 0 Å². The fourth-order valence-corrected chi connectivity index (χ4v) is 1.20. The highest BCUT2D eigenvalue weighted by molar-refractivity contribution is 8.00. The third-order valence-corrected chi connectivity index (χ3v) is 2.04. The Kier molecular flexibility index (Phi) is 4.36. The van der Waals surface area contributed by atoms with Crippen LogP contribution >= 0.6 is 29.3 Å². The maximum atomic E-state index is 12.6. The molecule has 10 heteroatoms. The monoisotopic (exact) mass is 282 g/mol.